The first-order chi connectivity index (χ1) is 18.7. The summed E-state index contributed by atoms with van der Waals surface area (Å²) in [5.74, 6) is 1.52. The third-order valence-corrected chi connectivity index (χ3v) is 8.77. The minimum atomic E-state index is -0.0934. The number of nitrogens with zero attached hydrogens (tertiary/aromatic N) is 1. The van der Waals surface area contributed by atoms with Gasteiger partial charge in [0, 0.05) is 0 Å². The highest BCUT2D eigenvalue weighted by Gasteiger charge is 2.36. The minimum absolute atomic E-state index is 0.0934. The van der Waals surface area contributed by atoms with E-state index in [0.29, 0.717) is 5.92 Å². The molecule has 0 saturated heterocycles. The number of rotatable bonds is 18. The largest absolute Gasteiger partial charge is 0.494 e. The molecule has 0 atom stereocenters. The lowest BCUT2D eigenvalue weighted by molar-refractivity contribution is 0.223. The zero-order chi connectivity index (χ0) is 26.9. The lowest BCUT2D eigenvalue weighted by atomic mass is 9.67. The summed E-state index contributed by atoms with van der Waals surface area (Å²) in [6.07, 6.45) is 22.4. The Morgan fingerprint density at radius 3 is 1.95 bits per heavy atom. The highest BCUT2D eigenvalue weighted by molar-refractivity contribution is 5.68. The molecule has 2 aromatic carbocycles. The van der Waals surface area contributed by atoms with Crippen molar-refractivity contribution in [2.24, 2.45) is 5.41 Å². The molecule has 1 aliphatic carbocycles. The molecule has 0 N–H and O–H groups in total. The molecule has 38 heavy (non-hydrogen) atoms. The second-order valence-corrected chi connectivity index (χ2v) is 11.8. The summed E-state index contributed by atoms with van der Waals surface area (Å²) in [4.78, 5) is 0. The van der Waals surface area contributed by atoms with Crippen molar-refractivity contribution >= 4 is 0 Å². The fraction of sp³-hybridized carbons (Fsp3) is 0.639. The van der Waals surface area contributed by atoms with Gasteiger partial charge >= 0.3 is 0 Å². The number of ether oxygens (including phenoxy) is 1. The van der Waals surface area contributed by atoms with Crippen molar-refractivity contribution < 1.29 is 4.74 Å². The number of unbranched alkanes of at least 4 members (excludes halogenated alkanes) is 11. The van der Waals surface area contributed by atoms with E-state index in [1.807, 2.05) is 0 Å². The smallest absolute Gasteiger partial charge is 0.119 e. The van der Waals surface area contributed by atoms with Crippen LogP contribution in [0.1, 0.15) is 141 Å². The Morgan fingerprint density at radius 2 is 1.32 bits per heavy atom. The maximum Gasteiger partial charge on any atom is 0.119 e. The van der Waals surface area contributed by atoms with Crippen LogP contribution in [0.15, 0.2) is 48.5 Å². The van der Waals surface area contributed by atoms with Crippen LogP contribution in [0.4, 0.5) is 0 Å². The molecule has 0 amide bonds. The predicted molar refractivity (Wildman–Crippen MR) is 163 cm³/mol. The molecular formula is C36H53NO. The molecule has 208 valence electrons. The number of benzene rings is 2. The van der Waals surface area contributed by atoms with Crippen molar-refractivity contribution in [3.63, 3.8) is 0 Å². The van der Waals surface area contributed by atoms with E-state index in [4.69, 9.17) is 4.74 Å². The van der Waals surface area contributed by atoms with E-state index in [9.17, 15) is 5.26 Å². The first kappa shape index (κ1) is 30.3. The second kappa shape index (κ2) is 17.3. The van der Waals surface area contributed by atoms with E-state index in [0.717, 1.165) is 50.9 Å². The summed E-state index contributed by atoms with van der Waals surface area (Å²) >= 11 is 0. The second-order valence-electron chi connectivity index (χ2n) is 11.8. The van der Waals surface area contributed by atoms with Crippen molar-refractivity contribution in [3.05, 3.63) is 54.1 Å². The molecule has 0 heterocycles. The molecule has 2 nitrogen and oxygen atoms in total. The van der Waals surface area contributed by atoms with E-state index in [1.54, 1.807) is 0 Å². The van der Waals surface area contributed by atoms with Gasteiger partial charge in [-0.05, 0) is 73.3 Å². The van der Waals surface area contributed by atoms with Crippen molar-refractivity contribution in [1.29, 1.82) is 5.26 Å². The zero-order valence-corrected chi connectivity index (χ0v) is 24.5. The standard InChI is InChI=1S/C36H53NO/c1-3-5-7-9-11-12-16-26-36(30-37)27-24-32(25-28-36)35-19-15-14-18-34(35)31-20-22-33(23-21-31)38-29-17-13-10-8-6-4-2/h14-15,18-23,32H,3-13,16-17,24-29H2,1-2H3. The Balaban J connectivity index is 1.49. The molecule has 3 rings (SSSR count). The van der Waals surface area contributed by atoms with Gasteiger partial charge < -0.3 is 4.74 Å². The van der Waals surface area contributed by atoms with E-state index in [1.165, 1.54) is 93.7 Å². The molecule has 1 aliphatic rings. The van der Waals surface area contributed by atoms with E-state index in [-0.39, 0.29) is 5.41 Å². The normalized spacial score (nSPS) is 19.2. The highest BCUT2D eigenvalue weighted by atomic mass is 16.5. The Labute approximate surface area is 234 Å². The van der Waals surface area contributed by atoms with Crippen LogP contribution < -0.4 is 4.74 Å². The summed E-state index contributed by atoms with van der Waals surface area (Å²) in [6, 6.07) is 20.4. The molecule has 2 heteroatoms. The van der Waals surface area contributed by atoms with Crippen molar-refractivity contribution in [2.45, 2.75) is 135 Å². The Kier molecular flexibility index (Phi) is 13.8. The van der Waals surface area contributed by atoms with E-state index < -0.39 is 0 Å². The van der Waals surface area contributed by atoms with Crippen LogP contribution in [0.25, 0.3) is 11.1 Å². The fourth-order valence-corrected chi connectivity index (χ4v) is 6.24. The van der Waals surface area contributed by atoms with Crippen molar-refractivity contribution in [1.82, 2.24) is 0 Å². The van der Waals surface area contributed by atoms with Gasteiger partial charge in [0.25, 0.3) is 0 Å². The molecule has 0 unspecified atom stereocenters. The lowest BCUT2D eigenvalue weighted by Gasteiger charge is -2.36. The third kappa shape index (κ3) is 9.80. The van der Waals surface area contributed by atoms with Gasteiger partial charge in [-0.15, -0.1) is 0 Å². The molecule has 1 fully saturated rings. The van der Waals surface area contributed by atoms with Crippen LogP contribution in [-0.2, 0) is 0 Å². The van der Waals surface area contributed by atoms with Crippen LogP contribution >= 0.6 is 0 Å². The molecule has 0 bridgehead atoms. The van der Waals surface area contributed by atoms with Gasteiger partial charge in [-0.3, -0.25) is 0 Å². The SMILES string of the molecule is CCCCCCCCCC1(C#N)CCC(c2ccccc2-c2ccc(OCCCCCCCC)cc2)CC1. The van der Waals surface area contributed by atoms with Gasteiger partial charge in [-0.25, -0.2) is 0 Å². The number of nitriles is 1. The molecule has 1 saturated carbocycles. The van der Waals surface area contributed by atoms with Crippen LogP contribution in [0.3, 0.4) is 0 Å². The van der Waals surface area contributed by atoms with Crippen LogP contribution in [-0.4, -0.2) is 6.61 Å². The predicted octanol–water partition coefficient (Wildman–Crippen LogP) is 11.4. The van der Waals surface area contributed by atoms with Gasteiger partial charge in [0.1, 0.15) is 5.75 Å². The quantitative estimate of drug-likeness (QED) is 0.185. The minimum Gasteiger partial charge on any atom is -0.494 e. The fourth-order valence-electron chi connectivity index (χ4n) is 6.24. The third-order valence-electron chi connectivity index (χ3n) is 8.77. The van der Waals surface area contributed by atoms with Gasteiger partial charge in [0.2, 0.25) is 0 Å². The maximum atomic E-state index is 10.1. The molecule has 0 aromatic heterocycles. The van der Waals surface area contributed by atoms with Crippen molar-refractivity contribution in [3.8, 4) is 22.9 Å². The van der Waals surface area contributed by atoms with E-state index >= 15 is 0 Å². The molecular weight excluding hydrogens is 462 g/mol. The van der Waals surface area contributed by atoms with Gasteiger partial charge in [-0.2, -0.15) is 5.26 Å². The first-order valence-electron chi connectivity index (χ1n) is 15.9. The highest BCUT2D eigenvalue weighted by Crippen LogP contribution is 2.47. The Morgan fingerprint density at radius 1 is 0.737 bits per heavy atom. The van der Waals surface area contributed by atoms with Gasteiger partial charge in [0.15, 0.2) is 0 Å². The average Bonchev–Trinajstić information content (AvgIpc) is 2.97. The molecule has 2 aromatic rings. The van der Waals surface area contributed by atoms with Crippen LogP contribution in [0, 0.1) is 16.7 Å². The molecule has 0 radical (unpaired) electrons. The van der Waals surface area contributed by atoms with Gasteiger partial charge in [0.05, 0.1) is 18.1 Å². The average molecular weight is 516 g/mol. The monoisotopic (exact) mass is 515 g/mol. The summed E-state index contributed by atoms with van der Waals surface area (Å²) in [6.45, 7) is 5.34. The van der Waals surface area contributed by atoms with Crippen molar-refractivity contribution in [2.75, 3.05) is 6.61 Å². The maximum absolute atomic E-state index is 10.1. The summed E-state index contributed by atoms with van der Waals surface area (Å²) in [7, 11) is 0. The summed E-state index contributed by atoms with van der Waals surface area (Å²) < 4.78 is 6.02. The molecule has 0 aliphatic heterocycles. The number of hydrogen-bond acceptors (Lipinski definition) is 2. The van der Waals surface area contributed by atoms with Crippen LogP contribution in [0.2, 0.25) is 0 Å². The first-order valence-corrected chi connectivity index (χ1v) is 15.9. The van der Waals surface area contributed by atoms with Gasteiger partial charge in [-0.1, -0.05) is 127 Å². The summed E-state index contributed by atoms with van der Waals surface area (Å²) in [5.41, 5.74) is 3.98. The topological polar surface area (TPSA) is 33.0 Å². The Hall–Kier alpha value is -2.27. The number of hydrogen-bond donors (Lipinski definition) is 0. The lowest BCUT2D eigenvalue weighted by Crippen LogP contribution is -2.25. The van der Waals surface area contributed by atoms with Crippen LogP contribution in [0.5, 0.6) is 5.75 Å². The Bertz CT molecular complexity index is 933. The molecule has 0 spiro atoms. The summed E-state index contributed by atoms with van der Waals surface area (Å²) in [5, 5.41) is 10.1. The van der Waals surface area contributed by atoms with E-state index in [2.05, 4.69) is 68.4 Å². The zero-order valence-electron chi connectivity index (χ0n) is 24.5.